The Bertz CT molecular complexity index is 732. The molecule has 0 aliphatic carbocycles. The molecule has 0 unspecified atom stereocenters. The van der Waals surface area contributed by atoms with Crippen molar-refractivity contribution in [3.05, 3.63) is 67.7 Å². The standard InChI is InChI=1S/C14H10Cl2N2O3/c1-8-9(4-2-7-12(8)18(20)21)14(19)17-11-6-3-5-10(15)13(11)16/h2-7H,1H3,(H,17,19). The SMILES string of the molecule is Cc1c(C(=O)Nc2cccc(Cl)c2Cl)cccc1[N+](=O)[O-]. The second-order valence-electron chi connectivity index (χ2n) is 4.26. The summed E-state index contributed by atoms with van der Waals surface area (Å²) in [7, 11) is 0. The molecule has 7 heteroatoms. The van der Waals surface area contributed by atoms with Gasteiger partial charge in [0.05, 0.1) is 20.7 Å². The van der Waals surface area contributed by atoms with E-state index < -0.39 is 10.8 Å². The molecule has 0 fully saturated rings. The van der Waals surface area contributed by atoms with E-state index in [1.807, 2.05) is 0 Å². The molecule has 2 aromatic rings. The number of carbonyl (C=O) groups excluding carboxylic acids is 1. The lowest BCUT2D eigenvalue weighted by Crippen LogP contribution is -2.14. The van der Waals surface area contributed by atoms with E-state index in [2.05, 4.69) is 5.32 Å². The molecule has 0 radical (unpaired) electrons. The molecule has 0 bridgehead atoms. The highest BCUT2D eigenvalue weighted by Crippen LogP contribution is 2.30. The zero-order valence-corrected chi connectivity index (χ0v) is 12.4. The molecule has 2 aromatic carbocycles. The number of hydrogen-bond donors (Lipinski definition) is 1. The van der Waals surface area contributed by atoms with Gasteiger partial charge >= 0.3 is 0 Å². The number of nitrogens with one attached hydrogen (secondary N) is 1. The third kappa shape index (κ3) is 3.15. The molecule has 108 valence electrons. The summed E-state index contributed by atoms with van der Waals surface area (Å²) < 4.78 is 0. The van der Waals surface area contributed by atoms with E-state index in [1.54, 1.807) is 18.2 Å². The van der Waals surface area contributed by atoms with Gasteiger partial charge in [0.15, 0.2) is 0 Å². The highest BCUT2D eigenvalue weighted by molar-refractivity contribution is 6.44. The summed E-state index contributed by atoms with van der Waals surface area (Å²) >= 11 is 11.9. The molecule has 2 rings (SSSR count). The summed E-state index contributed by atoms with van der Waals surface area (Å²) in [6.45, 7) is 1.52. The summed E-state index contributed by atoms with van der Waals surface area (Å²) in [5.74, 6) is -0.486. The van der Waals surface area contributed by atoms with E-state index in [0.717, 1.165) is 0 Å². The van der Waals surface area contributed by atoms with Crippen molar-refractivity contribution in [2.75, 3.05) is 5.32 Å². The van der Waals surface area contributed by atoms with Crippen LogP contribution >= 0.6 is 23.2 Å². The van der Waals surface area contributed by atoms with Crippen molar-refractivity contribution in [1.82, 2.24) is 0 Å². The number of amides is 1. The van der Waals surface area contributed by atoms with Gasteiger partial charge in [-0.05, 0) is 25.1 Å². The van der Waals surface area contributed by atoms with Gasteiger partial charge in [0.25, 0.3) is 11.6 Å². The molecule has 0 atom stereocenters. The Labute approximate surface area is 130 Å². The van der Waals surface area contributed by atoms with Crippen LogP contribution < -0.4 is 5.32 Å². The first kappa shape index (κ1) is 15.3. The third-order valence-electron chi connectivity index (χ3n) is 2.95. The van der Waals surface area contributed by atoms with Crippen LogP contribution in [0.4, 0.5) is 11.4 Å². The van der Waals surface area contributed by atoms with E-state index in [-0.39, 0.29) is 21.8 Å². The fourth-order valence-corrected chi connectivity index (χ4v) is 2.20. The Hall–Kier alpha value is -2.11. The number of nitro benzene ring substituents is 1. The maximum absolute atomic E-state index is 12.2. The van der Waals surface area contributed by atoms with E-state index >= 15 is 0 Å². The predicted octanol–water partition coefficient (Wildman–Crippen LogP) is 4.46. The van der Waals surface area contributed by atoms with Gasteiger partial charge < -0.3 is 5.32 Å². The molecule has 0 saturated heterocycles. The fraction of sp³-hybridized carbons (Fsp3) is 0.0714. The number of benzene rings is 2. The Morgan fingerprint density at radius 3 is 2.52 bits per heavy atom. The summed E-state index contributed by atoms with van der Waals surface area (Å²) in [6.07, 6.45) is 0. The van der Waals surface area contributed by atoms with Crippen LogP contribution in [-0.2, 0) is 0 Å². The number of carbonyl (C=O) groups is 1. The summed E-state index contributed by atoms with van der Waals surface area (Å²) in [5, 5.41) is 14.0. The lowest BCUT2D eigenvalue weighted by molar-refractivity contribution is -0.385. The number of rotatable bonds is 3. The zero-order valence-electron chi connectivity index (χ0n) is 10.9. The van der Waals surface area contributed by atoms with Gasteiger partial charge in [-0.1, -0.05) is 35.3 Å². The van der Waals surface area contributed by atoms with Gasteiger partial charge in [0.2, 0.25) is 0 Å². The molecule has 0 aliphatic heterocycles. The highest BCUT2D eigenvalue weighted by atomic mass is 35.5. The van der Waals surface area contributed by atoms with Crippen LogP contribution in [0.15, 0.2) is 36.4 Å². The molecular weight excluding hydrogens is 315 g/mol. The molecule has 21 heavy (non-hydrogen) atoms. The molecule has 1 amide bonds. The van der Waals surface area contributed by atoms with Crippen molar-refractivity contribution in [3.63, 3.8) is 0 Å². The van der Waals surface area contributed by atoms with Crippen LogP contribution in [0, 0.1) is 17.0 Å². The molecule has 0 spiro atoms. The quantitative estimate of drug-likeness (QED) is 0.669. The van der Waals surface area contributed by atoms with Crippen molar-refractivity contribution >= 4 is 40.5 Å². The number of nitrogens with zero attached hydrogens (tertiary/aromatic N) is 1. The van der Waals surface area contributed by atoms with Crippen LogP contribution in [0.5, 0.6) is 0 Å². The van der Waals surface area contributed by atoms with Crippen LogP contribution in [-0.4, -0.2) is 10.8 Å². The first-order valence-electron chi connectivity index (χ1n) is 5.91. The van der Waals surface area contributed by atoms with Crippen molar-refractivity contribution in [2.45, 2.75) is 6.92 Å². The molecule has 0 saturated carbocycles. The van der Waals surface area contributed by atoms with Gasteiger partial charge in [-0.15, -0.1) is 0 Å². The predicted molar refractivity (Wildman–Crippen MR) is 82.2 cm³/mol. The zero-order chi connectivity index (χ0) is 15.6. The summed E-state index contributed by atoms with van der Waals surface area (Å²) in [6, 6.07) is 9.15. The first-order valence-corrected chi connectivity index (χ1v) is 6.66. The Balaban J connectivity index is 2.35. The average molecular weight is 325 g/mol. The van der Waals surface area contributed by atoms with E-state index in [0.29, 0.717) is 10.7 Å². The summed E-state index contributed by atoms with van der Waals surface area (Å²) in [5.41, 5.74) is 0.735. The molecule has 1 N–H and O–H groups in total. The Morgan fingerprint density at radius 2 is 1.86 bits per heavy atom. The Kier molecular flexibility index (Phi) is 4.45. The van der Waals surface area contributed by atoms with E-state index in [4.69, 9.17) is 23.2 Å². The number of hydrogen-bond acceptors (Lipinski definition) is 3. The maximum atomic E-state index is 12.2. The van der Waals surface area contributed by atoms with Crippen molar-refractivity contribution in [3.8, 4) is 0 Å². The molecular formula is C14H10Cl2N2O3. The van der Waals surface area contributed by atoms with Gasteiger partial charge in [-0.2, -0.15) is 0 Å². The van der Waals surface area contributed by atoms with E-state index in [1.165, 1.54) is 25.1 Å². The lowest BCUT2D eigenvalue weighted by Gasteiger charge is -2.10. The number of halogens is 2. The number of anilines is 1. The van der Waals surface area contributed by atoms with E-state index in [9.17, 15) is 14.9 Å². The van der Waals surface area contributed by atoms with Crippen molar-refractivity contribution in [1.29, 1.82) is 0 Å². The average Bonchev–Trinajstić information content (AvgIpc) is 2.43. The molecule has 5 nitrogen and oxygen atoms in total. The molecule has 0 heterocycles. The molecule has 0 aliphatic rings. The van der Waals surface area contributed by atoms with Crippen molar-refractivity contribution < 1.29 is 9.72 Å². The normalized spacial score (nSPS) is 10.2. The smallest absolute Gasteiger partial charge is 0.273 e. The van der Waals surface area contributed by atoms with Gasteiger partial charge in [0.1, 0.15) is 0 Å². The van der Waals surface area contributed by atoms with Crippen molar-refractivity contribution in [2.24, 2.45) is 0 Å². The third-order valence-corrected chi connectivity index (χ3v) is 3.77. The highest BCUT2D eigenvalue weighted by Gasteiger charge is 2.18. The molecule has 0 aromatic heterocycles. The second-order valence-corrected chi connectivity index (χ2v) is 5.05. The first-order chi connectivity index (χ1) is 9.91. The van der Waals surface area contributed by atoms with Gasteiger partial charge in [-0.25, -0.2) is 0 Å². The summed E-state index contributed by atoms with van der Waals surface area (Å²) in [4.78, 5) is 22.6. The van der Waals surface area contributed by atoms with Gasteiger partial charge in [0, 0.05) is 17.2 Å². The minimum atomic E-state index is -0.529. The van der Waals surface area contributed by atoms with Crippen LogP contribution in [0.2, 0.25) is 10.0 Å². The lowest BCUT2D eigenvalue weighted by atomic mass is 10.1. The number of nitro groups is 1. The van der Waals surface area contributed by atoms with Crippen LogP contribution in [0.1, 0.15) is 15.9 Å². The Morgan fingerprint density at radius 1 is 1.19 bits per heavy atom. The van der Waals surface area contributed by atoms with Crippen LogP contribution in [0.3, 0.4) is 0 Å². The second kappa shape index (κ2) is 6.11. The monoisotopic (exact) mass is 324 g/mol. The minimum absolute atomic E-state index is 0.111. The minimum Gasteiger partial charge on any atom is -0.321 e. The van der Waals surface area contributed by atoms with Crippen LogP contribution in [0.25, 0.3) is 0 Å². The topological polar surface area (TPSA) is 72.2 Å². The fourth-order valence-electron chi connectivity index (χ4n) is 1.86. The maximum Gasteiger partial charge on any atom is 0.273 e. The largest absolute Gasteiger partial charge is 0.321 e. The van der Waals surface area contributed by atoms with Gasteiger partial charge in [-0.3, -0.25) is 14.9 Å².